The molecule has 4 heteroatoms. The highest BCUT2D eigenvalue weighted by molar-refractivity contribution is 5.98. The lowest BCUT2D eigenvalue weighted by atomic mass is 10.1. The zero-order valence-electron chi connectivity index (χ0n) is 9.04. The van der Waals surface area contributed by atoms with Crippen molar-refractivity contribution in [3.8, 4) is 5.75 Å². The fourth-order valence-corrected chi connectivity index (χ4v) is 1.30. The number of ether oxygens (including phenoxy) is 1. The van der Waals surface area contributed by atoms with Crippen LogP contribution in [-0.2, 0) is 0 Å². The van der Waals surface area contributed by atoms with E-state index in [4.69, 9.17) is 10.5 Å². The molecular weight excluding hydrogens is 192 g/mol. The number of hydrogen-bond acceptors (Lipinski definition) is 3. The van der Waals surface area contributed by atoms with Crippen molar-refractivity contribution in [2.45, 2.75) is 13.3 Å². The van der Waals surface area contributed by atoms with Crippen LogP contribution < -0.4 is 15.8 Å². The average molecular weight is 208 g/mol. The SMILES string of the molecule is CCCNC(=O)c1cccc(N)c1OC. The number of carbonyl (C=O) groups is 1. The molecular formula is C11H16N2O2. The summed E-state index contributed by atoms with van der Waals surface area (Å²) in [4.78, 5) is 11.7. The first-order valence-corrected chi connectivity index (χ1v) is 4.91. The van der Waals surface area contributed by atoms with Crippen LogP contribution in [0, 0.1) is 0 Å². The number of nitrogen functional groups attached to an aromatic ring is 1. The molecule has 0 unspecified atom stereocenters. The molecule has 15 heavy (non-hydrogen) atoms. The second-order valence-electron chi connectivity index (χ2n) is 3.18. The summed E-state index contributed by atoms with van der Waals surface area (Å²) in [5.41, 5.74) is 6.64. The molecule has 1 aromatic rings. The lowest BCUT2D eigenvalue weighted by Crippen LogP contribution is -2.24. The summed E-state index contributed by atoms with van der Waals surface area (Å²) in [5, 5.41) is 2.78. The van der Waals surface area contributed by atoms with Gasteiger partial charge in [0.1, 0.15) is 0 Å². The number of nitrogens with one attached hydrogen (secondary N) is 1. The minimum Gasteiger partial charge on any atom is -0.494 e. The lowest BCUT2D eigenvalue weighted by molar-refractivity contribution is 0.0950. The first kappa shape index (κ1) is 11.4. The van der Waals surface area contributed by atoms with E-state index in [1.54, 1.807) is 18.2 Å². The van der Waals surface area contributed by atoms with E-state index in [1.165, 1.54) is 7.11 Å². The number of amides is 1. The molecule has 0 heterocycles. The molecule has 1 amide bonds. The Labute approximate surface area is 89.4 Å². The maximum Gasteiger partial charge on any atom is 0.255 e. The summed E-state index contributed by atoms with van der Waals surface area (Å²) in [6, 6.07) is 5.13. The maximum atomic E-state index is 11.7. The Kier molecular flexibility index (Phi) is 3.97. The highest BCUT2D eigenvalue weighted by Crippen LogP contribution is 2.25. The molecule has 0 aliphatic heterocycles. The van der Waals surface area contributed by atoms with Crippen LogP contribution in [0.2, 0.25) is 0 Å². The van der Waals surface area contributed by atoms with E-state index in [1.807, 2.05) is 6.92 Å². The molecule has 3 N–H and O–H groups in total. The third-order valence-electron chi connectivity index (χ3n) is 2.03. The van der Waals surface area contributed by atoms with Crippen LogP contribution >= 0.6 is 0 Å². The average Bonchev–Trinajstić information content (AvgIpc) is 2.25. The van der Waals surface area contributed by atoms with Crippen LogP contribution in [0.4, 0.5) is 5.69 Å². The van der Waals surface area contributed by atoms with E-state index in [9.17, 15) is 4.79 Å². The van der Waals surface area contributed by atoms with Gasteiger partial charge in [0.15, 0.2) is 5.75 Å². The van der Waals surface area contributed by atoms with Gasteiger partial charge >= 0.3 is 0 Å². The van der Waals surface area contributed by atoms with Crippen molar-refractivity contribution in [3.63, 3.8) is 0 Å². The van der Waals surface area contributed by atoms with E-state index in [0.717, 1.165) is 6.42 Å². The second-order valence-corrected chi connectivity index (χ2v) is 3.18. The summed E-state index contributed by atoms with van der Waals surface area (Å²) >= 11 is 0. The number of para-hydroxylation sites is 1. The Morgan fingerprint density at radius 3 is 2.87 bits per heavy atom. The molecule has 0 aromatic heterocycles. The normalized spacial score (nSPS) is 9.73. The van der Waals surface area contributed by atoms with Crippen molar-refractivity contribution in [2.75, 3.05) is 19.4 Å². The van der Waals surface area contributed by atoms with Gasteiger partial charge < -0.3 is 15.8 Å². The van der Waals surface area contributed by atoms with Gasteiger partial charge in [-0.05, 0) is 18.6 Å². The highest BCUT2D eigenvalue weighted by atomic mass is 16.5. The molecule has 0 fully saturated rings. The van der Waals surface area contributed by atoms with Crippen LogP contribution in [0.3, 0.4) is 0 Å². The van der Waals surface area contributed by atoms with Crippen molar-refractivity contribution in [1.29, 1.82) is 0 Å². The second kappa shape index (κ2) is 5.24. The number of methoxy groups -OCH3 is 1. The van der Waals surface area contributed by atoms with E-state index in [2.05, 4.69) is 5.32 Å². The first-order valence-electron chi connectivity index (χ1n) is 4.91. The number of rotatable bonds is 4. The molecule has 0 aliphatic rings. The number of hydrogen-bond donors (Lipinski definition) is 2. The summed E-state index contributed by atoms with van der Waals surface area (Å²) < 4.78 is 5.09. The van der Waals surface area contributed by atoms with Crippen molar-refractivity contribution in [2.24, 2.45) is 0 Å². The van der Waals surface area contributed by atoms with Crippen LogP contribution in [-0.4, -0.2) is 19.6 Å². The van der Waals surface area contributed by atoms with Crippen LogP contribution in [0.25, 0.3) is 0 Å². The van der Waals surface area contributed by atoms with Gasteiger partial charge in [-0.2, -0.15) is 0 Å². The monoisotopic (exact) mass is 208 g/mol. The number of benzene rings is 1. The Morgan fingerprint density at radius 2 is 2.27 bits per heavy atom. The van der Waals surface area contributed by atoms with Crippen LogP contribution in [0.15, 0.2) is 18.2 Å². The standard InChI is InChI=1S/C11H16N2O2/c1-3-7-13-11(14)8-5-4-6-9(12)10(8)15-2/h4-6H,3,7,12H2,1-2H3,(H,13,14). The van der Waals surface area contributed by atoms with Gasteiger partial charge in [0.25, 0.3) is 5.91 Å². The fraction of sp³-hybridized carbons (Fsp3) is 0.364. The van der Waals surface area contributed by atoms with E-state index < -0.39 is 0 Å². The molecule has 1 rings (SSSR count). The summed E-state index contributed by atoms with van der Waals surface area (Å²) in [6.07, 6.45) is 0.899. The molecule has 0 bridgehead atoms. The van der Waals surface area contributed by atoms with E-state index in [-0.39, 0.29) is 5.91 Å². The van der Waals surface area contributed by atoms with Gasteiger partial charge in [0.2, 0.25) is 0 Å². The molecule has 0 aliphatic carbocycles. The van der Waals surface area contributed by atoms with Crippen molar-refractivity contribution in [1.82, 2.24) is 5.32 Å². The minimum absolute atomic E-state index is 0.152. The summed E-state index contributed by atoms with van der Waals surface area (Å²) in [6.45, 7) is 2.65. The number of anilines is 1. The zero-order valence-corrected chi connectivity index (χ0v) is 9.04. The fourth-order valence-electron chi connectivity index (χ4n) is 1.30. The number of carbonyl (C=O) groups excluding carboxylic acids is 1. The van der Waals surface area contributed by atoms with E-state index in [0.29, 0.717) is 23.5 Å². The van der Waals surface area contributed by atoms with Crippen molar-refractivity contribution < 1.29 is 9.53 Å². The van der Waals surface area contributed by atoms with Crippen LogP contribution in [0.1, 0.15) is 23.7 Å². The maximum absolute atomic E-state index is 11.7. The third-order valence-corrected chi connectivity index (χ3v) is 2.03. The zero-order chi connectivity index (χ0) is 11.3. The van der Waals surface area contributed by atoms with Gasteiger partial charge in [-0.15, -0.1) is 0 Å². The molecule has 4 nitrogen and oxygen atoms in total. The molecule has 0 saturated carbocycles. The van der Waals surface area contributed by atoms with E-state index >= 15 is 0 Å². The van der Waals surface area contributed by atoms with Crippen LogP contribution in [0.5, 0.6) is 5.75 Å². The van der Waals surface area contributed by atoms with Gasteiger partial charge in [-0.3, -0.25) is 4.79 Å². The topological polar surface area (TPSA) is 64.4 Å². The van der Waals surface area contributed by atoms with Gasteiger partial charge in [-0.1, -0.05) is 13.0 Å². The predicted molar refractivity (Wildman–Crippen MR) is 60.0 cm³/mol. The Balaban J connectivity index is 2.92. The largest absolute Gasteiger partial charge is 0.494 e. The Bertz CT molecular complexity index is 350. The van der Waals surface area contributed by atoms with Crippen molar-refractivity contribution in [3.05, 3.63) is 23.8 Å². The molecule has 1 aromatic carbocycles. The molecule has 0 spiro atoms. The molecule has 0 atom stereocenters. The highest BCUT2D eigenvalue weighted by Gasteiger charge is 2.13. The van der Waals surface area contributed by atoms with Gasteiger partial charge in [0, 0.05) is 6.54 Å². The Hall–Kier alpha value is -1.71. The smallest absolute Gasteiger partial charge is 0.255 e. The van der Waals surface area contributed by atoms with Gasteiger partial charge in [-0.25, -0.2) is 0 Å². The summed E-state index contributed by atoms with van der Waals surface area (Å²) in [5.74, 6) is 0.284. The molecule has 82 valence electrons. The number of nitrogens with two attached hydrogens (primary N) is 1. The lowest BCUT2D eigenvalue weighted by Gasteiger charge is -2.10. The van der Waals surface area contributed by atoms with Crippen molar-refractivity contribution >= 4 is 11.6 Å². The third kappa shape index (κ3) is 2.62. The van der Waals surface area contributed by atoms with Gasteiger partial charge in [0.05, 0.1) is 18.4 Å². The molecule has 0 saturated heterocycles. The molecule has 0 radical (unpaired) electrons. The Morgan fingerprint density at radius 1 is 1.53 bits per heavy atom. The predicted octanol–water partition coefficient (Wildman–Crippen LogP) is 1.42. The minimum atomic E-state index is -0.152. The first-order chi connectivity index (χ1) is 7.20. The summed E-state index contributed by atoms with van der Waals surface area (Å²) in [7, 11) is 1.50. The quantitative estimate of drug-likeness (QED) is 0.735.